The average molecular weight is 359 g/mol. The molecule has 134 valence electrons. The molecule has 1 aliphatic heterocycles. The van der Waals surface area contributed by atoms with Crippen molar-refractivity contribution in [1.29, 1.82) is 0 Å². The molecule has 0 spiro atoms. The van der Waals surface area contributed by atoms with Crippen molar-refractivity contribution >= 4 is 17.2 Å². The van der Waals surface area contributed by atoms with Crippen LogP contribution in [-0.2, 0) is 11.2 Å². The molecular weight excluding hydrogens is 332 g/mol. The summed E-state index contributed by atoms with van der Waals surface area (Å²) in [7, 11) is 0. The highest BCUT2D eigenvalue weighted by atomic mass is 32.1. The topological polar surface area (TPSA) is 41.6 Å². The van der Waals surface area contributed by atoms with Gasteiger partial charge < -0.3 is 10.1 Å². The minimum absolute atomic E-state index is 0.0728. The van der Waals surface area contributed by atoms with Crippen LogP contribution in [0, 0.1) is 0 Å². The summed E-state index contributed by atoms with van der Waals surface area (Å²) in [6.07, 6.45) is 2.91. The number of carbonyl (C=O) groups is 1. The Morgan fingerprint density at radius 2 is 2.00 bits per heavy atom. The number of hydrogen-bond acceptors (Lipinski definition) is 4. The molecule has 1 amide bonds. The Morgan fingerprint density at radius 1 is 1.24 bits per heavy atom. The third-order valence-electron chi connectivity index (χ3n) is 4.60. The second-order valence-electron chi connectivity index (χ2n) is 6.37. The van der Waals surface area contributed by atoms with Crippen LogP contribution >= 0.6 is 11.3 Å². The fourth-order valence-corrected chi connectivity index (χ4v) is 4.01. The average Bonchev–Trinajstić information content (AvgIpc) is 3.31. The second kappa shape index (κ2) is 9.02. The van der Waals surface area contributed by atoms with Crippen molar-refractivity contribution in [2.24, 2.45) is 0 Å². The molecule has 1 aliphatic rings. The molecule has 0 bridgehead atoms. The van der Waals surface area contributed by atoms with Crippen molar-refractivity contribution in [2.75, 3.05) is 26.2 Å². The summed E-state index contributed by atoms with van der Waals surface area (Å²) in [4.78, 5) is 14.8. The number of rotatable bonds is 8. The lowest BCUT2D eigenvalue weighted by Crippen LogP contribution is -2.37. The molecule has 1 aromatic carbocycles. The van der Waals surface area contributed by atoms with Crippen molar-refractivity contribution in [3.05, 3.63) is 52.2 Å². The molecule has 5 heteroatoms. The van der Waals surface area contributed by atoms with Gasteiger partial charge in [0.05, 0.1) is 19.1 Å². The van der Waals surface area contributed by atoms with Gasteiger partial charge in [0.2, 0.25) is 5.91 Å². The first-order chi connectivity index (χ1) is 12.3. The van der Waals surface area contributed by atoms with E-state index in [9.17, 15) is 4.79 Å². The number of benzene rings is 1. The van der Waals surface area contributed by atoms with Crippen molar-refractivity contribution in [3.8, 4) is 5.75 Å². The lowest BCUT2D eigenvalue weighted by molar-refractivity contribution is -0.120. The highest BCUT2D eigenvalue weighted by molar-refractivity contribution is 7.07. The van der Waals surface area contributed by atoms with E-state index in [0.717, 1.165) is 24.4 Å². The van der Waals surface area contributed by atoms with E-state index in [0.29, 0.717) is 19.6 Å². The summed E-state index contributed by atoms with van der Waals surface area (Å²) < 4.78 is 5.44. The molecule has 0 aliphatic carbocycles. The fourth-order valence-electron chi connectivity index (χ4n) is 3.30. The minimum Gasteiger partial charge on any atom is -0.494 e. The maximum Gasteiger partial charge on any atom is 0.224 e. The van der Waals surface area contributed by atoms with Gasteiger partial charge in [0.15, 0.2) is 0 Å². The Balaban J connectivity index is 1.54. The summed E-state index contributed by atoms with van der Waals surface area (Å²) in [5.41, 5.74) is 2.32. The van der Waals surface area contributed by atoms with Gasteiger partial charge in [-0.15, -0.1) is 0 Å². The van der Waals surface area contributed by atoms with Crippen LogP contribution in [0.1, 0.15) is 36.9 Å². The molecule has 25 heavy (non-hydrogen) atoms. The Kier molecular flexibility index (Phi) is 6.48. The van der Waals surface area contributed by atoms with Crippen molar-refractivity contribution in [3.63, 3.8) is 0 Å². The fraction of sp³-hybridized carbons (Fsp3) is 0.450. The minimum atomic E-state index is 0.0728. The van der Waals surface area contributed by atoms with Gasteiger partial charge >= 0.3 is 0 Å². The summed E-state index contributed by atoms with van der Waals surface area (Å²) in [6, 6.07) is 10.2. The first-order valence-electron chi connectivity index (χ1n) is 9.01. The van der Waals surface area contributed by atoms with Gasteiger partial charge in [-0.1, -0.05) is 12.1 Å². The number of ether oxygens (including phenoxy) is 1. The van der Waals surface area contributed by atoms with Crippen molar-refractivity contribution in [1.82, 2.24) is 10.2 Å². The molecular formula is C20H26N2O2S. The highest BCUT2D eigenvalue weighted by Crippen LogP contribution is 2.26. The zero-order valence-electron chi connectivity index (χ0n) is 14.7. The maximum atomic E-state index is 12.4. The van der Waals surface area contributed by atoms with E-state index in [1.54, 1.807) is 11.3 Å². The second-order valence-corrected chi connectivity index (χ2v) is 7.15. The van der Waals surface area contributed by atoms with Crippen LogP contribution in [0.25, 0.3) is 0 Å². The molecule has 0 radical (unpaired) electrons. The smallest absolute Gasteiger partial charge is 0.224 e. The predicted octanol–water partition coefficient (Wildman–Crippen LogP) is 3.64. The van der Waals surface area contributed by atoms with E-state index in [1.807, 2.05) is 31.2 Å². The number of carbonyl (C=O) groups excluding carboxylic acids is 1. The van der Waals surface area contributed by atoms with Gasteiger partial charge in [0, 0.05) is 6.54 Å². The van der Waals surface area contributed by atoms with Gasteiger partial charge in [-0.05, 0) is 72.9 Å². The maximum absolute atomic E-state index is 12.4. The molecule has 2 aromatic rings. The quantitative estimate of drug-likeness (QED) is 0.783. The van der Waals surface area contributed by atoms with E-state index in [2.05, 4.69) is 27.0 Å². The van der Waals surface area contributed by atoms with Crippen LogP contribution in [0.15, 0.2) is 41.1 Å². The number of amides is 1. The molecule has 1 saturated heterocycles. The Morgan fingerprint density at radius 3 is 2.64 bits per heavy atom. The van der Waals surface area contributed by atoms with Crippen LogP contribution in [0.3, 0.4) is 0 Å². The number of nitrogens with zero attached hydrogens (tertiary/aromatic N) is 1. The summed E-state index contributed by atoms with van der Waals surface area (Å²) >= 11 is 1.72. The van der Waals surface area contributed by atoms with E-state index in [4.69, 9.17) is 4.74 Å². The SMILES string of the molecule is CCOc1ccc(CC(=O)NCC(c2ccsc2)N2CCCC2)cc1. The lowest BCUT2D eigenvalue weighted by Gasteiger charge is -2.27. The molecule has 1 unspecified atom stereocenters. The first-order valence-corrected chi connectivity index (χ1v) is 9.95. The Bertz CT molecular complexity index is 649. The summed E-state index contributed by atoms with van der Waals surface area (Å²) in [5, 5.41) is 7.44. The first kappa shape index (κ1) is 18.0. The number of nitrogens with one attached hydrogen (secondary N) is 1. The third kappa shape index (κ3) is 5.06. The summed E-state index contributed by atoms with van der Waals surface area (Å²) in [5.74, 6) is 0.918. The van der Waals surface area contributed by atoms with Gasteiger partial charge in [-0.25, -0.2) is 0 Å². The van der Waals surface area contributed by atoms with Crippen LogP contribution in [0.5, 0.6) is 5.75 Å². The van der Waals surface area contributed by atoms with Crippen molar-refractivity contribution in [2.45, 2.75) is 32.2 Å². The molecule has 1 atom stereocenters. The van der Waals surface area contributed by atoms with Gasteiger partial charge in [-0.3, -0.25) is 9.69 Å². The largest absolute Gasteiger partial charge is 0.494 e. The van der Waals surface area contributed by atoms with Crippen LogP contribution in [-0.4, -0.2) is 37.0 Å². The van der Waals surface area contributed by atoms with Crippen LogP contribution in [0.4, 0.5) is 0 Å². The lowest BCUT2D eigenvalue weighted by atomic mass is 10.1. The molecule has 4 nitrogen and oxygen atoms in total. The normalized spacial score (nSPS) is 15.9. The zero-order valence-corrected chi connectivity index (χ0v) is 15.6. The van der Waals surface area contributed by atoms with Crippen molar-refractivity contribution < 1.29 is 9.53 Å². The van der Waals surface area contributed by atoms with Gasteiger partial charge in [-0.2, -0.15) is 11.3 Å². The van der Waals surface area contributed by atoms with Gasteiger partial charge in [0.25, 0.3) is 0 Å². The zero-order chi connectivity index (χ0) is 17.5. The number of thiophene rings is 1. The predicted molar refractivity (Wildman–Crippen MR) is 102 cm³/mol. The van der Waals surface area contributed by atoms with E-state index in [1.165, 1.54) is 18.4 Å². The Labute approximate surface area is 153 Å². The van der Waals surface area contributed by atoms with Crippen LogP contribution < -0.4 is 10.1 Å². The standard InChI is InChI=1S/C20H26N2O2S/c1-2-24-18-7-5-16(6-8-18)13-20(23)21-14-19(17-9-12-25-15-17)22-10-3-4-11-22/h5-9,12,15,19H,2-4,10-11,13-14H2,1H3,(H,21,23). The third-order valence-corrected chi connectivity index (χ3v) is 5.30. The molecule has 1 fully saturated rings. The van der Waals surface area contributed by atoms with Crippen LogP contribution in [0.2, 0.25) is 0 Å². The van der Waals surface area contributed by atoms with E-state index < -0.39 is 0 Å². The van der Waals surface area contributed by atoms with E-state index in [-0.39, 0.29) is 11.9 Å². The molecule has 2 heterocycles. The Hall–Kier alpha value is -1.85. The van der Waals surface area contributed by atoms with E-state index >= 15 is 0 Å². The van der Waals surface area contributed by atoms with Gasteiger partial charge in [0.1, 0.15) is 5.75 Å². The number of hydrogen-bond donors (Lipinski definition) is 1. The monoisotopic (exact) mass is 358 g/mol. The summed E-state index contributed by atoms with van der Waals surface area (Å²) in [6.45, 7) is 5.53. The molecule has 0 saturated carbocycles. The molecule has 1 aromatic heterocycles. The highest BCUT2D eigenvalue weighted by Gasteiger charge is 2.24. The molecule has 3 rings (SSSR count). The number of likely N-dealkylation sites (tertiary alicyclic amines) is 1. The molecule has 1 N–H and O–H groups in total.